The molecule has 0 unspecified atom stereocenters. The molecule has 1 aromatic carbocycles. The van der Waals surface area contributed by atoms with Crippen LogP contribution in [0.3, 0.4) is 0 Å². The van der Waals surface area contributed by atoms with E-state index < -0.39 is 5.54 Å². The van der Waals surface area contributed by atoms with Crippen LogP contribution in [0.2, 0.25) is 0 Å². The number of carbonyl (C=O) groups is 1. The molecule has 2 aliphatic rings. The molecule has 0 saturated carbocycles. The first-order valence-corrected chi connectivity index (χ1v) is 9.95. The Balaban J connectivity index is 1.82. The molecule has 3 nitrogen and oxygen atoms in total. The van der Waals surface area contributed by atoms with Crippen molar-refractivity contribution < 1.29 is 4.79 Å². The topological polar surface area (TPSA) is 32.3 Å². The molecule has 1 aliphatic heterocycles. The Hall–Kier alpha value is -1.00. The van der Waals surface area contributed by atoms with Crippen molar-refractivity contribution in [2.45, 2.75) is 38.6 Å². The Morgan fingerprint density at radius 2 is 1.91 bits per heavy atom. The standard InChI is InChI=1S/C19H28N2OS/c1-15(2)14-20-19(12-16-6-3-4-7-17(16)13-19)18(22)21-8-5-10-23-11-9-21/h3-4,6-7,15,20H,5,8-14H2,1-2H3. The smallest absolute Gasteiger partial charge is 0.243 e. The van der Waals surface area contributed by atoms with Gasteiger partial charge in [-0.05, 0) is 35.8 Å². The fourth-order valence-corrected chi connectivity index (χ4v) is 4.51. The van der Waals surface area contributed by atoms with Gasteiger partial charge in [0.25, 0.3) is 0 Å². The normalized spacial score (nSPS) is 20.4. The zero-order valence-corrected chi connectivity index (χ0v) is 15.1. The van der Waals surface area contributed by atoms with Crippen LogP contribution >= 0.6 is 11.8 Å². The van der Waals surface area contributed by atoms with Crippen molar-refractivity contribution in [1.82, 2.24) is 10.2 Å². The highest BCUT2D eigenvalue weighted by Gasteiger charge is 2.45. The van der Waals surface area contributed by atoms with Gasteiger partial charge in [0.05, 0.1) is 0 Å². The highest BCUT2D eigenvalue weighted by molar-refractivity contribution is 7.99. The average molecular weight is 333 g/mol. The predicted molar refractivity (Wildman–Crippen MR) is 97.9 cm³/mol. The largest absolute Gasteiger partial charge is 0.340 e. The maximum Gasteiger partial charge on any atom is 0.243 e. The highest BCUT2D eigenvalue weighted by atomic mass is 32.2. The molecule has 1 amide bonds. The molecule has 0 aromatic heterocycles. The molecule has 126 valence electrons. The number of carbonyl (C=O) groups excluding carboxylic acids is 1. The van der Waals surface area contributed by atoms with Crippen LogP contribution in [0, 0.1) is 5.92 Å². The number of amides is 1. The molecule has 4 heteroatoms. The van der Waals surface area contributed by atoms with E-state index in [4.69, 9.17) is 0 Å². The third-order valence-electron chi connectivity index (χ3n) is 4.87. The van der Waals surface area contributed by atoms with Gasteiger partial charge >= 0.3 is 0 Å². The number of nitrogens with zero attached hydrogens (tertiary/aromatic N) is 1. The van der Waals surface area contributed by atoms with Crippen molar-refractivity contribution in [3.8, 4) is 0 Å². The first-order valence-electron chi connectivity index (χ1n) is 8.80. The summed E-state index contributed by atoms with van der Waals surface area (Å²) in [7, 11) is 0. The summed E-state index contributed by atoms with van der Waals surface area (Å²) >= 11 is 1.97. The third-order valence-corrected chi connectivity index (χ3v) is 5.92. The molecule has 1 fully saturated rings. The minimum Gasteiger partial charge on any atom is -0.340 e. The van der Waals surface area contributed by atoms with Crippen molar-refractivity contribution in [2.24, 2.45) is 5.92 Å². The SMILES string of the molecule is CC(C)CNC1(C(=O)N2CCCSCC2)Cc2ccccc2C1. The summed E-state index contributed by atoms with van der Waals surface area (Å²) in [6.07, 6.45) is 2.78. The van der Waals surface area contributed by atoms with E-state index in [1.807, 2.05) is 11.8 Å². The average Bonchev–Trinajstić information content (AvgIpc) is 2.72. The lowest BCUT2D eigenvalue weighted by atomic mass is 9.92. The molecule has 0 radical (unpaired) electrons. The first kappa shape index (κ1) is 16.8. The van der Waals surface area contributed by atoms with E-state index in [9.17, 15) is 4.79 Å². The second-order valence-electron chi connectivity index (χ2n) is 7.24. The summed E-state index contributed by atoms with van der Waals surface area (Å²) in [5.74, 6) is 3.11. The summed E-state index contributed by atoms with van der Waals surface area (Å²) in [6, 6.07) is 8.54. The van der Waals surface area contributed by atoms with Crippen LogP contribution in [0.25, 0.3) is 0 Å². The molecule has 3 rings (SSSR count). The molecular formula is C19H28N2OS. The lowest BCUT2D eigenvalue weighted by molar-refractivity contribution is -0.138. The molecule has 1 saturated heterocycles. The van der Waals surface area contributed by atoms with Crippen LogP contribution in [-0.2, 0) is 17.6 Å². The number of hydrogen-bond acceptors (Lipinski definition) is 3. The van der Waals surface area contributed by atoms with Gasteiger partial charge in [0.15, 0.2) is 0 Å². The maximum atomic E-state index is 13.4. The van der Waals surface area contributed by atoms with Gasteiger partial charge < -0.3 is 10.2 Å². The lowest BCUT2D eigenvalue weighted by Gasteiger charge is -2.35. The van der Waals surface area contributed by atoms with E-state index >= 15 is 0 Å². The van der Waals surface area contributed by atoms with E-state index in [0.29, 0.717) is 11.8 Å². The maximum absolute atomic E-state index is 13.4. The molecule has 1 aliphatic carbocycles. The fourth-order valence-electron chi connectivity index (χ4n) is 3.62. The lowest BCUT2D eigenvalue weighted by Crippen LogP contribution is -2.60. The van der Waals surface area contributed by atoms with Crippen molar-refractivity contribution in [3.63, 3.8) is 0 Å². The van der Waals surface area contributed by atoms with Gasteiger partial charge in [-0.3, -0.25) is 4.79 Å². The highest BCUT2D eigenvalue weighted by Crippen LogP contribution is 2.32. The van der Waals surface area contributed by atoms with Gasteiger partial charge in [0.1, 0.15) is 5.54 Å². The predicted octanol–water partition coefficient (Wildman–Crippen LogP) is 2.74. The van der Waals surface area contributed by atoms with Crippen LogP contribution in [0.1, 0.15) is 31.4 Å². The van der Waals surface area contributed by atoms with Gasteiger partial charge in [-0.25, -0.2) is 0 Å². The number of thioether (sulfide) groups is 1. The summed E-state index contributed by atoms with van der Waals surface area (Å²) in [5, 5.41) is 3.66. The molecule has 23 heavy (non-hydrogen) atoms. The molecule has 0 bridgehead atoms. The number of nitrogens with one attached hydrogen (secondary N) is 1. The second-order valence-corrected chi connectivity index (χ2v) is 8.46. The van der Waals surface area contributed by atoms with E-state index in [1.165, 1.54) is 16.9 Å². The Morgan fingerprint density at radius 3 is 2.57 bits per heavy atom. The van der Waals surface area contributed by atoms with Crippen LogP contribution in [0.4, 0.5) is 0 Å². The number of fused-ring (bicyclic) bond motifs is 1. The van der Waals surface area contributed by atoms with Crippen LogP contribution in [-0.4, -0.2) is 47.5 Å². The van der Waals surface area contributed by atoms with E-state index in [2.05, 4.69) is 48.3 Å². The summed E-state index contributed by atoms with van der Waals surface area (Å²) in [6.45, 7) is 7.10. The number of benzene rings is 1. The Morgan fingerprint density at radius 1 is 1.22 bits per heavy atom. The van der Waals surface area contributed by atoms with Gasteiger partial charge in [-0.2, -0.15) is 11.8 Å². The Labute approximate surface area is 144 Å². The molecular weight excluding hydrogens is 304 g/mol. The quantitative estimate of drug-likeness (QED) is 0.920. The van der Waals surface area contributed by atoms with Crippen LogP contribution in [0.15, 0.2) is 24.3 Å². The van der Waals surface area contributed by atoms with Crippen molar-refractivity contribution in [1.29, 1.82) is 0 Å². The Kier molecular flexibility index (Phi) is 5.32. The zero-order valence-electron chi connectivity index (χ0n) is 14.3. The number of hydrogen-bond donors (Lipinski definition) is 1. The van der Waals surface area contributed by atoms with Gasteiger partial charge in [-0.1, -0.05) is 38.1 Å². The molecule has 1 heterocycles. The summed E-state index contributed by atoms with van der Waals surface area (Å²) in [5.41, 5.74) is 2.24. The van der Waals surface area contributed by atoms with Gasteiger partial charge in [0.2, 0.25) is 5.91 Å². The molecule has 0 atom stereocenters. The van der Waals surface area contributed by atoms with Gasteiger partial charge in [0, 0.05) is 31.7 Å². The van der Waals surface area contributed by atoms with Crippen molar-refractivity contribution in [3.05, 3.63) is 35.4 Å². The molecule has 0 spiro atoms. The third kappa shape index (κ3) is 3.74. The minimum absolute atomic E-state index is 0.317. The second kappa shape index (κ2) is 7.27. The summed E-state index contributed by atoms with van der Waals surface area (Å²) in [4.78, 5) is 15.5. The minimum atomic E-state index is -0.428. The monoisotopic (exact) mass is 332 g/mol. The zero-order chi connectivity index (χ0) is 16.3. The first-order chi connectivity index (χ1) is 11.1. The molecule has 1 N–H and O–H groups in total. The van der Waals surface area contributed by atoms with E-state index in [-0.39, 0.29) is 0 Å². The molecule has 1 aromatic rings. The summed E-state index contributed by atoms with van der Waals surface area (Å²) < 4.78 is 0. The van der Waals surface area contributed by atoms with Crippen molar-refractivity contribution in [2.75, 3.05) is 31.1 Å². The van der Waals surface area contributed by atoms with E-state index in [0.717, 1.165) is 44.6 Å². The van der Waals surface area contributed by atoms with Crippen LogP contribution in [0.5, 0.6) is 0 Å². The van der Waals surface area contributed by atoms with Gasteiger partial charge in [-0.15, -0.1) is 0 Å². The Bertz CT molecular complexity index is 525. The fraction of sp³-hybridized carbons (Fsp3) is 0.632. The number of rotatable bonds is 4. The van der Waals surface area contributed by atoms with Crippen LogP contribution < -0.4 is 5.32 Å². The van der Waals surface area contributed by atoms with Crippen molar-refractivity contribution >= 4 is 17.7 Å². The van der Waals surface area contributed by atoms with E-state index in [1.54, 1.807) is 0 Å².